The van der Waals surface area contributed by atoms with Gasteiger partial charge in [0, 0.05) is 13.1 Å². The molecule has 9 nitrogen and oxygen atoms in total. The van der Waals surface area contributed by atoms with Crippen molar-refractivity contribution in [2.75, 3.05) is 26.3 Å². The Balaban J connectivity index is 2.01. The van der Waals surface area contributed by atoms with E-state index < -0.39 is 36.5 Å². The number of nitrogens with one attached hydrogen (secondary N) is 3. The van der Waals surface area contributed by atoms with Gasteiger partial charge in [-0.05, 0) is 34.8 Å². The van der Waals surface area contributed by atoms with Crippen molar-refractivity contribution in [3.63, 3.8) is 0 Å². The lowest BCUT2D eigenvalue weighted by atomic mass is 9.99. The van der Waals surface area contributed by atoms with Crippen molar-refractivity contribution in [2.45, 2.75) is 78.7 Å². The van der Waals surface area contributed by atoms with Crippen LogP contribution in [0.15, 0.2) is 60.7 Å². The molecule has 0 bridgehead atoms. The molecule has 0 unspecified atom stereocenters. The molecular weight excluding hydrogens is 522 g/mol. The van der Waals surface area contributed by atoms with E-state index in [2.05, 4.69) is 16.0 Å². The average molecular weight is 572 g/mol. The number of carbonyl (C=O) groups is 2. The number of hydrogen-bond donors (Lipinski definition) is 5. The van der Waals surface area contributed by atoms with Crippen LogP contribution in [0.25, 0.3) is 0 Å². The molecule has 2 amide bonds. The monoisotopic (exact) mass is 571 g/mol. The minimum Gasteiger partial charge on any atom is -0.449 e. The highest BCUT2D eigenvalue weighted by molar-refractivity contribution is 5.68. The van der Waals surface area contributed by atoms with Gasteiger partial charge in [-0.25, -0.2) is 9.59 Å². The maximum Gasteiger partial charge on any atom is 0.407 e. The summed E-state index contributed by atoms with van der Waals surface area (Å²) in [5.74, 6) is 0. The topological polar surface area (TPSA) is 129 Å². The third-order valence-electron chi connectivity index (χ3n) is 6.11. The Hall–Kier alpha value is -3.14. The van der Waals surface area contributed by atoms with Crippen LogP contribution < -0.4 is 16.0 Å². The number of carbonyl (C=O) groups excluding carboxylic acids is 2. The molecule has 2 aromatic rings. The van der Waals surface area contributed by atoms with Crippen LogP contribution in [0.4, 0.5) is 9.59 Å². The first kappa shape index (κ1) is 34.1. The van der Waals surface area contributed by atoms with Crippen molar-refractivity contribution in [1.82, 2.24) is 16.0 Å². The summed E-state index contributed by atoms with van der Waals surface area (Å²) < 4.78 is 10.7. The van der Waals surface area contributed by atoms with Crippen molar-refractivity contribution in [3.8, 4) is 0 Å². The molecular formula is C32H49N3O6. The molecule has 0 fully saturated rings. The third-order valence-corrected chi connectivity index (χ3v) is 6.11. The first-order valence-corrected chi connectivity index (χ1v) is 14.2. The summed E-state index contributed by atoms with van der Waals surface area (Å²) in [6, 6.07) is 17.9. The highest BCUT2D eigenvalue weighted by atomic mass is 16.6. The van der Waals surface area contributed by atoms with Gasteiger partial charge in [-0.1, -0.05) is 102 Å². The maximum absolute atomic E-state index is 12.5. The van der Waals surface area contributed by atoms with Crippen LogP contribution in [-0.2, 0) is 22.3 Å². The Labute approximate surface area is 245 Å². The Morgan fingerprint density at radius 3 is 1.32 bits per heavy atom. The molecule has 0 aliphatic rings. The molecule has 0 radical (unpaired) electrons. The fourth-order valence-electron chi connectivity index (χ4n) is 3.92. The molecule has 4 atom stereocenters. The van der Waals surface area contributed by atoms with E-state index >= 15 is 0 Å². The zero-order valence-corrected chi connectivity index (χ0v) is 25.4. The minimum atomic E-state index is -0.970. The van der Waals surface area contributed by atoms with E-state index in [0.717, 1.165) is 11.1 Å². The Morgan fingerprint density at radius 1 is 0.659 bits per heavy atom. The molecule has 5 N–H and O–H groups in total. The van der Waals surface area contributed by atoms with E-state index in [-0.39, 0.29) is 37.1 Å². The molecule has 0 aliphatic heterocycles. The summed E-state index contributed by atoms with van der Waals surface area (Å²) in [4.78, 5) is 25.0. The van der Waals surface area contributed by atoms with Gasteiger partial charge in [-0.2, -0.15) is 0 Å². The molecule has 41 heavy (non-hydrogen) atoms. The Morgan fingerprint density at radius 2 is 1.00 bits per heavy atom. The van der Waals surface area contributed by atoms with Crippen LogP contribution >= 0.6 is 0 Å². The lowest BCUT2D eigenvalue weighted by molar-refractivity contribution is 0.0754. The third kappa shape index (κ3) is 14.9. The predicted octanol–water partition coefficient (Wildman–Crippen LogP) is 4.07. The zero-order valence-electron chi connectivity index (χ0n) is 25.4. The van der Waals surface area contributed by atoms with Gasteiger partial charge in [0.05, 0.1) is 37.5 Å². The van der Waals surface area contributed by atoms with E-state index in [0.29, 0.717) is 12.8 Å². The first-order chi connectivity index (χ1) is 19.2. The Bertz CT molecular complexity index is 953. The first-order valence-electron chi connectivity index (χ1n) is 14.2. The smallest absolute Gasteiger partial charge is 0.407 e. The molecule has 228 valence electrons. The zero-order chi connectivity index (χ0) is 30.5. The van der Waals surface area contributed by atoms with Crippen molar-refractivity contribution >= 4 is 12.2 Å². The summed E-state index contributed by atoms with van der Waals surface area (Å²) >= 11 is 0. The number of rotatable bonds is 14. The van der Waals surface area contributed by atoms with E-state index in [1.165, 1.54) is 0 Å². The number of alkyl carbamates (subject to hydrolysis) is 2. The summed E-state index contributed by atoms with van der Waals surface area (Å²) in [6.45, 7) is 12.5. The molecule has 0 saturated heterocycles. The summed E-state index contributed by atoms with van der Waals surface area (Å²) in [5, 5.41) is 30.7. The van der Waals surface area contributed by atoms with Gasteiger partial charge in [0.1, 0.15) is 0 Å². The Kier molecular flexibility index (Phi) is 13.6. The summed E-state index contributed by atoms with van der Waals surface area (Å²) in [5.41, 5.74) is 1.53. The van der Waals surface area contributed by atoms with Crippen molar-refractivity contribution in [2.24, 2.45) is 10.8 Å². The summed E-state index contributed by atoms with van der Waals surface area (Å²) in [7, 11) is 0. The van der Waals surface area contributed by atoms with Gasteiger partial charge in [0.15, 0.2) is 0 Å². The van der Waals surface area contributed by atoms with E-state index in [1.54, 1.807) is 0 Å². The molecule has 0 aromatic heterocycles. The van der Waals surface area contributed by atoms with Gasteiger partial charge >= 0.3 is 12.2 Å². The number of hydrogen-bond acceptors (Lipinski definition) is 7. The quantitative estimate of drug-likeness (QED) is 0.231. The molecule has 2 rings (SSSR count). The number of aliphatic hydroxyl groups excluding tert-OH is 2. The van der Waals surface area contributed by atoms with Crippen LogP contribution in [0.3, 0.4) is 0 Å². The number of ether oxygens (including phenoxy) is 2. The number of aliphatic hydroxyl groups is 2. The lowest BCUT2D eigenvalue weighted by Crippen LogP contribution is -2.52. The second-order valence-electron chi connectivity index (χ2n) is 12.9. The molecule has 9 heteroatoms. The molecule has 0 heterocycles. The number of benzene rings is 2. The average Bonchev–Trinajstić information content (AvgIpc) is 2.90. The normalized spacial score (nSPS) is 14.8. The van der Waals surface area contributed by atoms with E-state index in [9.17, 15) is 19.8 Å². The van der Waals surface area contributed by atoms with Crippen LogP contribution in [0.1, 0.15) is 52.7 Å². The fraction of sp³-hybridized carbons (Fsp3) is 0.562. The van der Waals surface area contributed by atoms with E-state index in [4.69, 9.17) is 9.47 Å². The fourth-order valence-corrected chi connectivity index (χ4v) is 3.92. The SMILES string of the molecule is CC(C)(C)COC(=O)N[C@H](Cc1ccccc1)[C@@H](O)CNC[C@H](O)[C@@H](Cc1ccccc1)NC(=O)OCC(C)(C)C. The van der Waals surface area contributed by atoms with Crippen molar-refractivity contribution < 1.29 is 29.3 Å². The highest BCUT2D eigenvalue weighted by Gasteiger charge is 2.26. The van der Waals surface area contributed by atoms with Crippen LogP contribution in [0.5, 0.6) is 0 Å². The molecule has 2 aromatic carbocycles. The predicted molar refractivity (Wildman–Crippen MR) is 161 cm³/mol. The number of amides is 2. The van der Waals surface area contributed by atoms with Gasteiger partial charge in [0.2, 0.25) is 0 Å². The largest absolute Gasteiger partial charge is 0.449 e. The molecule has 0 aliphatic carbocycles. The second kappa shape index (κ2) is 16.3. The molecule has 0 saturated carbocycles. The lowest BCUT2D eigenvalue weighted by Gasteiger charge is -2.28. The maximum atomic E-state index is 12.5. The summed E-state index contributed by atoms with van der Waals surface area (Å²) in [6.07, 6.45) is -2.34. The minimum absolute atomic E-state index is 0.0979. The van der Waals surface area contributed by atoms with E-state index in [1.807, 2.05) is 102 Å². The van der Waals surface area contributed by atoms with Crippen LogP contribution in [0.2, 0.25) is 0 Å². The van der Waals surface area contributed by atoms with Gasteiger partial charge in [0.25, 0.3) is 0 Å². The molecule has 0 spiro atoms. The van der Waals surface area contributed by atoms with Gasteiger partial charge in [-0.15, -0.1) is 0 Å². The highest BCUT2D eigenvalue weighted by Crippen LogP contribution is 2.15. The van der Waals surface area contributed by atoms with Gasteiger partial charge in [-0.3, -0.25) is 0 Å². The van der Waals surface area contributed by atoms with Crippen molar-refractivity contribution in [1.29, 1.82) is 0 Å². The van der Waals surface area contributed by atoms with Crippen molar-refractivity contribution in [3.05, 3.63) is 71.8 Å². The standard InChI is InChI=1S/C32H49N3O6/c1-31(2,3)21-40-29(38)34-25(17-23-13-9-7-10-14-23)27(36)19-33-20-28(37)26(18-24-15-11-8-12-16-24)35-30(39)41-22-32(4,5)6/h7-16,25-28,33,36-37H,17-22H2,1-6H3,(H,34,38)(H,35,39)/t25-,26-,27+,28+/m1/s1. The van der Waals surface area contributed by atoms with Crippen LogP contribution in [0, 0.1) is 10.8 Å². The second-order valence-corrected chi connectivity index (χ2v) is 12.9. The van der Waals surface area contributed by atoms with Gasteiger partial charge < -0.3 is 35.6 Å². The van der Waals surface area contributed by atoms with Crippen LogP contribution in [-0.4, -0.2) is 73.0 Å².